The van der Waals surface area contributed by atoms with Crippen LogP contribution in [0.5, 0.6) is 5.75 Å². The summed E-state index contributed by atoms with van der Waals surface area (Å²) in [6.07, 6.45) is 1.84. The van der Waals surface area contributed by atoms with Crippen molar-refractivity contribution in [3.8, 4) is 5.75 Å². The predicted octanol–water partition coefficient (Wildman–Crippen LogP) is 1.63. The second-order valence-corrected chi connectivity index (χ2v) is 4.35. The fraction of sp³-hybridized carbons (Fsp3) is 0.308. The van der Waals surface area contributed by atoms with E-state index in [2.05, 4.69) is 10.4 Å². The van der Waals surface area contributed by atoms with Gasteiger partial charge in [-0.15, -0.1) is 0 Å². The van der Waals surface area contributed by atoms with Crippen LogP contribution in [-0.2, 0) is 20.2 Å². The number of aromatic nitrogens is 2. The van der Waals surface area contributed by atoms with Crippen molar-refractivity contribution < 1.29 is 9.66 Å². The van der Waals surface area contributed by atoms with E-state index in [4.69, 9.17) is 4.74 Å². The second kappa shape index (κ2) is 6.16. The zero-order valence-corrected chi connectivity index (χ0v) is 11.4. The van der Waals surface area contributed by atoms with Crippen molar-refractivity contribution in [2.24, 2.45) is 7.05 Å². The van der Waals surface area contributed by atoms with Crippen LogP contribution in [0.4, 0.5) is 5.69 Å². The summed E-state index contributed by atoms with van der Waals surface area (Å²) in [4.78, 5) is 10.4. The number of nitrogens with one attached hydrogen (secondary N) is 1. The summed E-state index contributed by atoms with van der Waals surface area (Å²) in [6, 6.07) is 6.44. The Morgan fingerprint density at radius 2 is 2.25 bits per heavy atom. The summed E-state index contributed by atoms with van der Waals surface area (Å²) in [5.74, 6) is 0.621. The van der Waals surface area contributed by atoms with Gasteiger partial charge in [0, 0.05) is 37.5 Å². The average molecular weight is 276 g/mol. The maximum absolute atomic E-state index is 10.8. The van der Waals surface area contributed by atoms with Gasteiger partial charge in [-0.1, -0.05) is 0 Å². The number of non-ortho nitro benzene ring substituents is 1. The minimum atomic E-state index is -0.415. The Morgan fingerprint density at radius 1 is 1.45 bits per heavy atom. The number of rotatable bonds is 6. The first-order valence-corrected chi connectivity index (χ1v) is 6.13. The third kappa shape index (κ3) is 3.33. The van der Waals surface area contributed by atoms with Gasteiger partial charge in [0.25, 0.3) is 5.69 Å². The maximum atomic E-state index is 10.8. The van der Waals surface area contributed by atoms with Crippen LogP contribution in [0, 0.1) is 10.1 Å². The molecular formula is C13H16N4O3. The molecule has 2 rings (SSSR count). The molecule has 0 radical (unpaired) electrons. The molecule has 0 spiro atoms. The first-order chi connectivity index (χ1) is 9.60. The smallest absolute Gasteiger partial charge is 0.270 e. The van der Waals surface area contributed by atoms with E-state index in [1.807, 2.05) is 19.3 Å². The first kappa shape index (κ1) is 14.0. The zero-order valence-electron chi connectivity index (χ0n) is 11.4. The number of hydrogen-bond acceptors (Lipinski definition) is 5. The van der Waals surface area contributed by atoms with Crippen LogP contribution in [0.15, 0.2) is 30.5 Å². The van der Waals surface area contributed by atoms with Crippen LogP contribution >= 0.6 is 0 Å². The van der Waals surface area contributed by atoms with Crippen LogP contribution in [0.2, 0.25) is 0 Å². The van der Waals surface area contributed by atoms with Crippen LogP contribution in [-0.4, -0.2) is 21.8 Å². The van der Waals surface area contributed by atoms with Crippen molar-refractivity contribution in [3.05, 3.63) is 51.8 Å². The molecule has 2 aromatic rings. The van der Waals surface area contributed by atoms with E-state index >= 15 is 0 Å². The lowest BCUT2D eigenvalue weighted by Gasteiger charge is -2.10. The van der Waals surface area contributed by atoms with E-state index in [9.17, 15) is 10.1 Å². The summed E-state index contributed by atoms with van der Waals surface area (Å²) < 4.78 is 7.38. The topological polar surface area (TPSA) is 82.2 Å². The largest absolute Gasteiger partial charge is 0.487 e. The van der Waals surface area contributed by atoms with Gasteiger partial charge >= 0.3 is 0 Å². The molecule has 7 nitrogen and oxygen atoms in total. The monoisotopic (exact) mass is 276 g/mol. The summed E-state index contributed by atoms with van der Waals surface area (Å²) in [5, 5.41) is 18.0. The fourth-order valence-electron chi connectivity index (χ4n) is 1.84. The molecule has 20 heavy (non-hydrogen) atoms. The van der Waals surface area contributed by atoms with Crippen LogP contribution in [0.3, 0.4) is 0 Å². The van der Waals surface area contributed by atoms with Crippen molar-refractivity contribution in [2.45, 2.75) is 13.2 Å². The molecule has 106 valence electrons. The van der Waals surface area contributed by atoms with Crippen LogP contribution in [0.25, 0.3) is 0 Å². The predicted molar refractivity (Wildman–Crippen MR) is 73.4 cm³/mol. The molecule has 0 amide bonds. The van der Waals surface area contributed by atoms with Crippen molar-refractivity contribution in [2.75, 3.05) is 7.05 Å². The summed E-state index contributed by atoms with van der Waals surface area (Å²) in [7, 11) is 3.61. The van der Waals surface area contributed by atoms with Gasteiger partial charge in [0.15, 0.2) is 0 Å². The van der Waals surface area contributed by atoms with Crippen molar-refractivity contribution in [3.63, 3.8) is 0 Å². The van der Waals surface area contributed by atoms with E-state index in [1.165, 1.54) is 12.1 Å². The molecule has 0 aliphatic carbocycles. The lowest BCUT2D eigenvalue weighted by molar-refractivity contribution is -0.384. The van der Waals surface area contributed by atoms with Gasteiger partial charge in [0.1, 0.15) is 12.4 Å². The lowest BCUT2D eigenvalue weighted by Crippen LogP contribution is -2.08. The molecule has 1 heterocycles. The molecule has 0 aliphatic heterocycles. The standard InChI is InChI=1S/C13H16N4O3/c1-14-8-10-7-12(17(18)19)3-4-13(10)20-9-11-5-6-16(2)15-11/h3-7,14H,8-9H2,1-2H3. The highest BCUT2D eigenvalue weighted by Gasteiger charge is 2.11. The number of nitrogens with zero attached hydrogens (tertiary/aromatic N) is 3. The Kier molecular flexibility index (Phi) is 4.31. The van der Waals surface area contributed by atoms with Gasteiger partial charge in [-0.25, -0.2) is 0 Å². The lowest BCUT2D eigenvalue weighted by atomic mass is 10.1. The van der Waals surface area contributed by atoms with Crippen molar-refractivity contribution >= 4 is 5.69 Å². The molecule has 0 saturated heterocycles. The molecule has 1 aromatic heterocycles. The summed E-state index contributed by atoms with van der Waals surface area (Å²) >= 11 is 0. The molecule has 0 saturated carbocycles. The Balaban J connectivity index is 2.15. The van der Waals surface area contributed by atoms with Gasteiger partial charge in [0.2, 0.25) is 0 Å². The number of nitro groups is 1. The quantitative estimate of drug-likeness (QED) is 0.640. The van der Waals surface area contributed by atoms with Crippen LogP contribution < -0.4 is 10.1 Å². The van der Waals surface area contributed by atoms with E-state index in [0.29, 0.717) is 18.9 Å². The molecule has 0 bridgehead atoms. The van der Waals surface area contributed by atoms with Crippen LogP contribution in [0.1, 0.15) is 11.3 Å². The van der Waals surface area contributed by atoms with Gasteiger partial charge < -0.3 is 10.1 Å². The van der Waals surface area contributed by atoms with Crippen molar-refractivity contribution in [1.82, 2.24) is 15.1 Å². The average Bonchev–Trinajstić information content (AvgIpc) is 2.83. The van der Waals surface area contributed by atoms with Gasteiger partial charge in [-0.3, -0.25) is 14.8 Å². The number of nitro benzene ring substituents is 1. The SMILES string of the molecule is CNCc1cc([N+](=O)[O-])ccc1OCc1ccn(C)n1. The van der Waals surface area contributed by atoms with Gasteiger partial charge in [0.05, 0.1) is 10.6 Å². The summed E-state index contributed by atoms with van der Waals surface area (Å²) in [5.41, 5.74) is 1.61. The summed E-state index contributed by atoms with van der Waals surface area (Å²) in [6.45, 7) is 0.828. The molecule has 0 aliphatic rings. The number of aryl methyl sites for hydroxylation is 1. The minimum Gasteiger partial charge on any atom is -0.487 e. The number of ether oxygens (including phenoxy) is 1. The Hall–Kier alpha value is -2.41. The third-order valence-corrected chi connectivity index (χ3v) is 2.77. The Morgan fingerprint density at radius 3 is 2.85 bits per heavy atom. The highest BCUT2D eigenvalue weighted by atomic mass is 16.6. The zero-order chi connectivity index (χ0) is 14.5. The molecule has 0 fully saturated rings. The molecule has 1 N–H and O–H groups in total. The molecular weight excluding hydrogens is 260 g/mol. The normalized spacial score (nSPS) is 10.5. The Labute approximate surface area is 116 Å². The molecule has 7 heteroatoms. The second-order valence-electron chi connectivity index (χ2n) is 4.35. The minimum absolute atomic E-state index is 0.0560. The Bertz CT molecular complexity index is 609. The molecule has 1 aromatic carbocycles. The van der Waals surface area contributed by atoms with E-state index in [-0.39, 0.29) is 5.69 Å². The molecule has 0 atom stereocenters. The van der Waals surface area contributed by atoms with Gasteiger partial charge in [-0.2, -0.15) is 5.10 Å². The maximum Gasteiger partial charge on any atom is 0.270 e. The highest BCUT2D eigenvalue weighted by Crippen LogP contribution is 2.24. The van der Waals surface area contributed by atoms with Gasteiger partial charge in [-0.05, 0) is 19.2 Å². The first-order valence-electron chi connectivity index (χ1n) is 6.13. The number of hydrogen-bond donors (Lipinski definition) is 1. The molecule has 0 unspecified atom stereocenters. The fourth-order valence-corrected chi connectivity index (χ4v) is 1.84. The third-order valence-electron chi connectivity index (χ3n) is 2.77. The van der Waals surface area contributed by atoms with E-state index < -0.39 is 4.92 Å². The highest BCUT2D eigenvalue weighted by molar-refractivity contribution is 5.43. The van der Waals surface area contributed by atoms with E-state index in [0.717, 1.165) is 11.3 Å². The number of benzene rings is 1. The van der Waals surface area contributed by atoms with Crippen molar-refractivity contribution in [1.29, 1.82) is 0 Å². The van der Waals surface area contributed by atoms with E-state index in [1.54, 1.807) is 17.8 Å².